The van der Waals surface area contributed by atoms with Crippen LogP contribution in [0.3, 0.4) is 0 Å². The van der Waals surface area contributed by atoms with Crippen molar-refractivity contribution < 1.29 is 19.1 Å². The van der Waals surface area contributed by atoms with E-state index in [0.29, 0.717) is 18.8 Å². The molecule has 2 aromatic rings. The maximum absolute atomic E-state index is 12.2. The number of nitrogens with zero attached hydrogens (tertiary/aromatic N) is 2. The average Bonchev–Trinajstić information content (AvgIpc) is 3.13. The van der Waals surface area contributed by atoms with Crippen molar-refractivity contribution in [2.45, 2.75) is 26.3 Å². The van der Waals surface area contributed by atoms with Gasteiger partial charge in [-0.1, -0.05) is 40.2 Å². The molecule has 0 spiro atoms. The number of hydrogen-bond acceptors (Lipinski definition) is 5. The van der Waals surface area contributed by atoms with Crippen LogP contribution in [-0.4, -0.2) is 35.8 Å². The van der Waals surface area contributed by atoms with E-state index in [9.17, 15) is 9.59 Å². The molecule has 3 rings (SSSR count). The van der Waals surface area contributed by atoms with Gasteiger partial charge in [-0.2, -0.15) is 5.10 Å². The van der Waals surface area contributed by atoms with Gasteiger partial charge in [0.2, 0.25) is 5.91 Å². The number of carbonyl (C=O) groups excluding carboxylic acids is 2. The first-order valence-corrected chi connectivity index (χ1v) is 9.79. The minimum atomic E-state index is -0.417. The maximum Gasteiger partial charge on any atom is 0.344 e. The first kappa shape index (κ1) is 20.1. The van der Waals surface area contributed by atoms with Gasteiger partial charge >= 0.3 is 5.97 Å². The van der Waals surface area contributed by atoms with Crippen LogP contribution in [0.25, 0.3) is 0 Å². The summed E-state index contributed by atoms with van der Waals surface area (Å²) in [5.74, 6) is 0.00101. The van der Waals surface area contributed by atoms with E-state index in [1.54, 1.807) is 13.0 Å². The summed E-state index contributed by atoms with van der Waals surface area (Å²) in [6, 6.07) is 15.0. The largest absolute Gasteiger partial charge is 0.482 e. The van der Waals surface area contributed by atoms with Crippen molar-refractivity contribution in [2.24, 2.45) is 5.10 Å². The van der Waals surface area contributed by atoms with Crippen molar-refractivity contribution in [2.75, 3.05) is 13.2 Å². The molecule has 1 amide bonds. The molecular formula is C21H21BrN2O4. The van der Waals surface area contributed by atoms with Crippen LogP contribution in [0.4, 0.5) is 0 Å². The van der Waals surface area contributed by atoms with E-state index in [2.05, 4.69) is 21.0 Å². The molecule has 0 saturated heterocycles. The highest BCUT2D eigenvalue weighted by molar-refractivity contribution is 9.10. The zero-order valence-corrected chi connectivity index (χ0v) is 17.3. The number of rotatable bonds is 6. The lowest BCUT2D eigenvalue weighted by atomic mass is 9.98. The molecular weight excluding hydrogens is 424 g/mol. The van der Waals surface area contributed by atoms with Crippen molar-refractivity contribution in [3.05, 3.63) is 64.1 Å². The molecule has 0 unspecified atom stereocenters. The number of halogens is 1. The predicted molar refractivity (Wildman–Crippen MR) is 109 cm³/mol. The van der Waals surface area contributed by atoms with E-state index in [-0.39, 0.29) is 18.6 Å². The second-order valence-electron chi connectivity index (χ2n) is 6.30. The van der Waals surface area contributed by atoms with E-state index >= 15 is 0 Å². The monoisotopic (exact) mass is 444 g/mol. The Kier molecular flexibility index (Phi) is 6.46. The van der Waals surface area contributed by atoms with E-state index in [0.717, 1.165) is 21.3 Å². The molecule has 1 aliphatic rings. The van der Waals surface area contributed by atoms with Gasteiger partial charge in [-0.05, 0) is 42.3 Å². The Balaban J connectivity index is 1.78. The van der Waals surface area contributed by atoms with Crippen molar-refractivity contribution in [1.29, 1.82) is 0 Å². The standard InChI is InChI=1S/C21H21BrN2O4/c1-3-27-21(26)13-28-18-6-4-5-16(11-18)20-12-19(23-24(20)14(2)25)15-7-9-17(22)10-8-15/h4-11,20H,3,12-13H2,1-2H3/t20-/m0/s1. The molecule has 0 bridgehead atoms. The molecule has 0 aliphatic carbocycles. The fraction of sp³-hybridized carbons (Fsp3) is 0.286. The van der Waals surface area contributed by atoms with Gasteiger partial charge in [-0.3, -0.25) is 4.79 Å². The van der Waals surface area contributed by atoms with Crippen molar-refractivity contribution in [3.63, 3.8) is 0 Å². The van der Waals surface area contributed by atoms with Gasteiger partial charge in [0.05, 0.1) is 18.4 Å². The van der Waals surface area contributed by atoms with Gasteiger partial charge in [0.15, 0.2) is 6.61 Å². The van der Waals surface area contributed by atoms with Gasteiger partial charge in [0.25, 0.3) is 0 Å². The fourth-order valence-corrected chi connectivity index (χ4v) is 3.30. The quantitative estimate of drug-likeness (QED) is 0.629. The Morgan fingerprint density at radius 1 is 1.21 bits per heavy atom. The molecule has 0 saturated carbocycles. The molecule has 146 valence electrons. The van der Waals surface area contributed by atoms with E-state index < -0.39 is 5.97 Å². The SMILES string of the molecule is CCOC(=O)COc1cccc([C@@H]2CC(c3ccc(Br)cc3)=NN2C(C)=O)c1. The molecule has 28 heavy (non-hydrogen) atoms. The van der Waals surface area contributed by atoms with Crippen LogP contribution in [0, 0.1) is 0 Å². The minimum absolute atomic E-state index is 0.130. The fourth-order valence-electron chi connectivity index (χ4n) is 3.03. The molecule has 6 nitrogen and oxygen atoms in total. The Hall–Kier alpha value is -2.67. The highest BCUT2D eigenvalue weighted by Crippen LogP contribution is 2.34. The average molecular weight is 445 g/mol. The lowest BCUT2D eigenvalue weighted by molar-refractivity contribution is -0.145. The van der Waals surface area contributed by atoms with Crippen LogP contribution in [0.2, 0.25) is 0 Å². The first-order valence-electron chi connectivity index (χ1n) is 8.99. The molecule has 7 heteroatoms. The summed E-state index contributed by atoms with van der Waals surface area (Å²) >= 11 is 3.43. The molecule has 1 aliphatic heterocycles. The summed E-state index contributed by atoms with van der Waals surface area (Å²) in [6.45, 7) is 3.41. The van der Waals surface area contributed by atoms with Crippen LogP contribution >= 0.6 is 15.9 Å². The topological polar surface area (TPSA) is 68.2 Å². The zero-order valence-electron chi connectivity index (χ0n) is 15.7. The van der Waals surface area contributed by atoms with Crippen molar-refractivity contribution >= 4 is 33.5 Å². The summed E-state index contributed by atoms with van der Waals surface area (Å²) in [7, 11) is 0. The summed E-state index contributed by atoms with van der Waals surface area (Å²) in [4.78, 5) is 23.7. The molecule has 0 N–H and O–H groups in total. The second-order valence-corrected chi connectivity index (χ2v) is 7.22. The molecule has 2 aromatic carbocycles. The van der Waals surface area contributed by atoms with Crippen LogP contribution in [-0.2, 0) is 14.3 Å². The first-order chi connectivity index (χ1) is 13.5. The van der Waals surface area contributed by atoms with Crippen LogP contribution in [0.15, 0.2) is 58.1 Å². The lowest BCUT2D eigenvalue weighted by Gasteiger charge is -2.21. The summed E-state index contributed by atoms with van der Waals surface area (Å²) < 4.78 is 11.4. The highest BCUT2D eigenvalue weighted by atomic mass is 79.9. The van der Waals surface area contributed by atoms with E-state index in [4.69, 9.17) is 9.47 Å². The van der Waals surface area contributed by atoms with E-state index in [1.807, 2.05) is 42.5 Å². The summed E-state index contributed by atoms with van der Waals surface area (Å²) in [5.41, 5.74) is 2.73. The van der Waals surface area contributed by atoms with Crippen molar-refractivity contribution in [3.8, 4) is 5.75 Å². The number of amides is 1. The minimum Gasteiger partial charge on any atom is -0.482 e. The molecule has 1 heterocycles. The third-order valence-electron chi connectivity index (χ3n) is 4.32. The summed E-state index contributed by atoms with van der Waals surface area (Å²) in [6.07, 6.45) is 0.600. The van der Waals surface area contributed by atoms with Gasteiger partial charge in [0, 0.05) is 17.8 Å². The number of hydrazone groups is 1. The zero-order chi connectivity index (χ0) is 20.1. The number of hydrogen-bond donors (Lipinski definition) is 0. The van der Waals surface area contributed by atoms with Gasteiger partial charge in [0.1, 0.15) is 5.75 Å². The lowest BCUT2D eigenvalue weighted by Crippen LogP contribution is -2.24. The smallest absolute Gasteiger partial charge is 0.344 e. The van der Waals surface area contributed by atoms with Gasteiger partial charge in [-0.15, -0.1) is 0 Å². The molecule has 0 fully saturated rings. The van der Waals surface area contributed by atoms with E-state index in [1.165, 1.54) is 11.9 Å². The number of benzene rings is 2. The number of esters is 1. The van der Waals surface area contributed by atoms with Crippen LogP contribution in [0.5, 0.6) is 5.75 Å². The highest BCUT2D eigenvalue weighted by Gasteiger charge is 2.31. The van der Waals surface area contributed by atoms with Crippen LogP contribution in [0.1, 0.15) is 37.4 Å². The molecule has 0 aromatic heterocycles. The normalized spacial score (nSPS) is 15.9. The second kappa shape index (κ2) is 9.01. The Morgan fingerprint density at radius 2 is 1.96 bits per heavy atom. The third kappa shape index (κ3) is 4.78. The molecule has 1 atom stereocenters. The third-order valence-corrected chi connectivity index (χ3v) is 4.84. The number of carbonyl (C=O) groups is 2. The van der Waals surface area contributed by atoms with Crippen molar-refractivity contribution in [1.82, 2.24) is 5.01 Å². The van der Waals surface area contributed by atoms with Gasteiger partial charge in [-0.25, -0.2) is 9.80 Å². The molecule has 0 radical (unpaired) electrons. The Bertz CT molecular complexity index is 896. The Labute approximate surface area is 172 Å². The predicted octanol–water partition coefficient (Wildman–Crippen LogP) is 4.09. The maximum atomic E-state index is 12.2. The Morgan fingerprint density at radius 3 is 2.64 bits per heavy atom. The van der Waals surface area contributed by atoms with Gasteiger partial charge < -0.3 is 9.47 Å². The van der Waals surface area contributed by atoms with Crippen LogP contribution < -0.4 is 4.74 Å². The number of ether oxygens (including phenoxy) is 2. The summed E-state index contributed by atoms with van der Waals surface area (Å²) in [5, 5.41) is 6.05.